The third-order valence-corrected chi connectivity index (χ3v) is 6.19. The second kappa shape index (κ2) is 7.63. The summed E-state index contributed by atoms with van der Waals surface area (Å²) in [6, 6.07) is 6.95. The number of benzene rings is 1. The Morgan fingerprint density at radius 1 is 1.17 bits per heavy atom. The molecule has 1 atom stereocenters. The molecule has 29 heavy (non-hydrogen) atoms. The van der Waals surface area contributed by atoms with E-state index in [0.717, 1.165) is 23.8 Å². The highest BCUT2D eigenvalue weighted by Crippen LogP contribution is 2.38. The Labute approximate surface area is 168 Å². The van der Waals surface area contributed by atoms with Crippen molar-refractivity contribution in [3.05, 3.63) is 45.8 Å². The number of hydrogen-bond donors (Lipinski definition) is 1. The number of amides is 2. The number of carbonyl (C=O) groups excluding carboxylic acids is 2. The van der Waals surface area contributed by atoms with Gasteiger partial charge in [-0.3, -0.25) is 9.59 Å². The lowest BCUT2D eigenvalue weighted by Crippen LogP contribution is -2.61. The third-order valence-electron chi connectivity index (χ3n) is 6.19. The molecule has 0 saturated carbocycles. The summed E-state index contributed by atoms with van der Waals surface area (Å²) in [7, 11) is 0. The number of aryl methyl sites for hydroxylation is 1. The maximum atomic E-state index is 13.3. The van der Waals surface area contributed by atoms with Gasteiger partial charge in [0.15, 0.2) is 0 Å². The van der Waals surface area contributed by atoms with E-state index in [2.05, 4.69) is 0 Å². The van der Waals surface area contributed by atoms with Gasteiger partial charge in [-0.15, -0.1) is 0 Å². The Balaban J connectivity index is 1.64. The largest absolute Gasteiger partial charge is 0.423 e. The van der Waals surface area contributed by atoms with E-state index in [-0.39, 0.29) is 24.8 Å². The molecule has 0 radical (unpaired) electrons. The molecular weight excluding hydrogens is 372 g/mol. The molecule has 2 aliphatic rings. The highest BCUT2D eigenvalue weighted by molar-refractivity contribution is 5.94. The molecule has 2 fully saturated rings. The maximum Gasteiger partial charge on any atom is 0.336 e. The van der Waals surface area contributed by atoms with Crippen molar-refractivity contribution in [2.75, 3.05) is 26.2 Å². The fourth-order valence-electron chi connectivity index (χ4n) is 4.87. The molecule has 2 amide bonds. The van der Waals surface area contributed by atoms with Crippen LogP contribution in [0.2, 0.25) is 0 Å². The number of piperidine rings is 1. The van der Waals surface area contributed by atoms with Crippen LogP contribution in [0.5, 0.6) is 0 Å². The van der Waals surface area contributed by atoms with Gasteiger partial charge in [0.05, 0.1) is 13.0 Å². The smallest absolute Gasteiger partial charge is 0.336 e. The van der Waals surface area contributed by atoms with Crippen LogP contribution in [0, 0.1) is 6.92 Å². The molecule has 1 unspecified atom stereocenters. The highest BCUT2D eigenvalue weighted by Gasteiger charge is 2.52. The van der Waals surface area contributed by atoms with Crippen LogP contribution in [0.25, 0.3) is 11.0 Å². The molecule has 2 aliphatic heterocycles. The molecular formula is C22H26N2O5. The zero-order valence-corrected chi connectivity index (χ0v) is 16.6. The number of fused-ring (bicyclic) bond motifs is 1. The van der Waals surface area contributed by atoms with Crippen molar-refractivity contribution in [2.45, 2.75) is 44.6 Å². The number of nitrogens with zero attached hydrogens (tertiary/aromatic N) is 2. The van der Waals surface area contributed by atoms with Crippen LogP contribution in [0.15, 0.2) is 33.5 Å². The summed E-state index contributed by atoms with van der Waals surface area (Å²) in [4.78, 5) is 41.9. The minimum Gasteiger partial charge on any atom is -0.423 e. The van der Waals surface area contributed by atoms with E-state index in [1.165, 1.54) is 6.07 Å². The Bertz CT molecular complexity index is 1010. The summed E-state index contributed by atoms with van der Waals surface area (Å²) in [5, 5.41) is 10.0. The predicted octanol–water partition coefficient (Wildman–Crippen LogP) is 1.62. The Kier molecular flexibility index (Phi) is 5.17. The first-order valence-corrected chi connectivity index (χ1v) is 10.2. The highest BCUT2D eigenvalue weighted by atomic mass is 16.4. The van der Waals surface area contributed by atoms with E-state index in [1.54, 1.807) is 15.9 Å². The van der Waals surface area contributed by atoms with Crippen molar-refractivity contribution in [1.29, 1.82) is 0 Å². The van der Waals surface area contributed by atoms with E-state index in [0.29, 0.717) is 43.6 Å². The Morgan fingerprint density at radius 2 is 1.93 bits per heavy atom. The average Bonchev–Trinajstić information content (AvgIpc) is 3.10. The summed E-state index contributed by atoms with van der Waals surface area (Å²) in [5.41, 5.74) is 0.776. The lowest BCUT2D eigenvalue weighted by atomic mass is 9.85. The molecule has 3 heterocycles. The molecule has 0 bridgehead atoms. The summed E-state index contributed by atoms with van der Waals surface area (Å²) in [6.45, 7) is 3.29. The summed E-state index contributed by atoms with van der Waals surface area (Å²) < 4.78 is 5.29. The maximum absolute atomic E-state index is 13.3. The first-order valence-electron chi connectivity index (χ1n) is 10.2. The van der Waals surface area contributed by atoms with Crippen LogP contribution in [0.4, 0.5) is 0 Å². The number of likely N-dealkylation sites (tertiary alicyclic amines) is 2. The quantitative estimate of drug-likeness (QED) is 0.791. The number of hydrogen-bond acceptors (Lipinski definition) is 5. The molecule has 7 nitrogen and oxygen atoms in total. The topological polar surface area (TPSA) is 91.1 Å². The zero-order valence-electron chi connectivity index (χ0n) is 16.6. The van der Waals surface area contributed by atoms with Crippen molar-refractivity contribution in [2.24, 2.45) is 0 Å². The first kappa shape index (κ1) is 19.6. The zero-order chi connectivity index (χ0) is 20.6. The number of β-amino-alcohol motifs (C(OH)–C–C–N with tert-alkyl or cyclic N) is 1. The van der Waals surface area contributed by atoms with Crippen LogP contribution in [-0.2, 0) is 16.0 Å². The Hall–Kier alpha value is -2.67. The van der Waals surface area contributed by atoms with Crippen LogP contribution < -0.4 is 5.63 Å². The van der Waals surface area contributed by atoms with Crippen LogP contribution in [-0.4, -0.2) is 58.5 Å². The standard InChI is InChI=1S/C22H26N2O5/c1-15-4-5-17-16(14-20(27)29-18(17)12-15)13-19(26)24-9-3-7-22(24)6-2-8-23(10-11-25)21(22)28/h4-5,12,14,25H,2-3,6-11,13H2,1H3. The van der Waals surface area contributed by atoms with Crippen molar-refractivity contribution < 1.29 is 19.1 Å². The van der Waals surface area contributed by atoms with E-state index in [9.17, 15) is 19.5 Å². The second-order valence-corrected chi connectivity index (χ2v) is 8.07. The molecule has 1 spiro atoms. The molecule has 1 aromatic heterocycles. The molecule has 1 N–H and O–H groups in total. The molecule has 1 aromatic carbocycles. The Morgan fingerprint density at radius 3 is 2.69 bits per heavy atom. The lowest BCUT2D eigenvalue weighted by molar-refractivity contribution is -0.155. The van der Waals surface area contributed by atoms with Crippen molar-refractivity contribution in [3.8, 4) is 0 Å². The van der Waals surface area contributed by atoms with Gasteiger partial charge in [-0.1, -0.05) is 12.1 Å². The summed E-state index contributed by atoms with van der Waals surface area (Å²) >= 11 is 0. The van der Waals surface area contributed by atoms with Crippen LogP contribution in [0.3, 0.4) is 0 Å². The fourth-order valence-corrected chi connectivity index (χ4v) is 4.87. The van der Waals surface area contributed by atoms with Gasteiger partial charge in [-0.05, 0) is 49.8 Å². The predicted molar refractivity (Wildman–Crippen MR) is 108 cm³/mol. The minimum absolute atomic E-state index is 0.0557. The third kappa shape index (κ3) is 3.44. The summed E-state index contributed by atoms with van der Waals surface area (Å²) in [6.07, 6.45) is 2.95. The normalized spacial score (nSPS) is 22.1. The number of aliphatic hydroxyl groups is 1. The number of carbonyl (C=O) groups is 2. The van der Waals surface area contributed by atoms with E-state index < -0.39 is 11.2 Å². The van der Waals surface area contributed by atoms with Gasteiger partial charge in [0.1, 0.15) is 11.1 Å². The monoisotopic (exact) mass is 398 g/mol. The van der Waals surface area contributed by atoms with Gasteiger partial charge in [0.25, 0.3) is 0 Å². The van der Waals surface area contributed by atoms with Crippen molar-refractivity contribution >= 4 is 22.8 Å². The number of aliphatic hydroxyl groups excluding tert-OH is 1. The molecule has 2 aromatic rings. The molecule has 0 aliphatic carbocycles. The van der Waals surface area contributed by atoms with E-state index in [1.807, 2.05) is 19.1 Å². The SMILES string of the molecule is Cc1ccc2c(CC(=O)N3CCCC34CCCN(CCO)C4=O)cc(=O)oc2c1. The summed E-state index contributed by atoms with van der Waals surface area (Å²) in [5.74, 6) is -0.203. The average molecular weight is 398 g/mol. The second-order valence-electron chi connectivity index (χ2n) is 8.07. The van der Waals surface area contributed by atoms with Crippen LogP contribution in [0.1, 0.15) is 36.8 Å². The van der Waals surface area contributed by atoms with Gasteiger partial charge in [-0.25, -0.2) is 4.79 Å². The van der Waals surface area contributed by atoms with Gasteiger partial charge in [-0.2, -0.15) is 0 Å². The number of rotatable bonds is 4. The lowest BCUT2D eigenvalue weighted by Gasteiger charge is -2.44. The van der Waals surface area contributed by atoms with Gasteiger partial charge >= 0.3 is 5.63 Å². The fraction of sp³-hybridized carbons (Fsp3) is 0.500. The molecule has 7 heteroatoms. The molecule has 2 saturated heterocycles. The molecule has 154 valence electrons. The van der Waals surface area contributed by atoms with Gasteiger partial charge in [0.2, 0.25) is 11.8 Å². The van der Waals surface area contributed by atoms with Gasteiger partial charge < -0.3 is 19.3 Å². The van der Waals surface area contributed by atoms with Crippen LogP contribution >= 0.6 is 0 Å². The molecule has 4 rings (SSSR count). The van der Waals surface area contributed by atoms with E-state index >= 15 is 0 Å². The van der Waals surface area contributed by atoms with Crippen molar-refractivity contribution in [3.63, 3.8) is 0 Å². The minimum atomic E-state index is -0.809. The van der Waals surface area contributed by atoms with Crippen molar-refractivity contribution in [1.82, 2.24) is 9.80 Å². The van der Waals surface area contributed by atoms with Gasteiger partial charge in [0, 0.05) is 31.1 Å². The van der Waals surface area contributed by atoms with E-state index in [4.69, 9.17) is 4.42 Å². The first-order chi connectivity index (χ1) is 13.9.